The van der Waals surface area contributed by atoms with Crippen LogP contribution in [-0.2, 0) is 17.8 Å². The Morgan fingerprint density at radius 3 is 2.69 bits per heavy atom. The van der Waals surface area contributed by atoms with Crippen molar-refractivity contribution in [3.05, 3.63) is 39.8 Å². The normalized spacial score (nSPS) is 21.7. The first kappa shape index (κ1) is 22.5. The van der Waals surface area contributed by atoms with Crippen molar-refractivity contribution in [1.82, 2.24) is 25.3 Å². The first-order valence-electron chi connectivity index (χ1n) is 11.4. The van der Waals surface area contributed by atoms with E-state index in [1.54, 1.807) is 25.3 Å². The largest absolute Gasteiger partial charge is 0.351 e. The van der Waals surface area contributed by atoms with Crippen molar-refractivity contribution in [2.75, 3.05) is 13.6 Å². The van der Waals surface area contributed by atoms with Crippen LogP contribution >= 0.6 is 11.3 Å². The zero-order valence-electron chi connectivity index (χ0n) is 18.7. The van der Waals surface area contributed by atoms with E-state index in [4.69, 9.17) is 0 Å². The highest BCUT2D eigenvalue weighted by atomic mass is 32.1. The molecular formula is C23H31N5O3S. The zero-order chi connectivity index (χ0) is 22.7. The Labute approximate surface area is 192 Å². The number of carbonyl (C=O) groups excluding carboxylic acids is 3. The Hall–Kier alpha value is -2.68. The van der Waals surface area contributed by atoms with Gasteiger partial charge in [-0.1, -0.05) is 31.7 Å². The fraction of sp³-hybridized carbons (Fsp3) is 0.565. The van der Waals surface area contributed by atoms with Gasteiger partial charge in [0.1, 0.15) is 11.2 Å². The Kier molecular flexibility index (Phi) is 6.64. The summed E-state index contributed by atoms with van der Waals surface area (Å²) in [6.07, 6.45) is 7.34. The summed E-state index contributed by atoms with van der Waals surface area (Å²) >= 11 is 1.65. The molecule has 3 heterocycles. The molecule has 1 aliphatic heterocycles. The third kappa shape index (κ3) is 4.57. The lowest BCUT2D eigenvalue weighted by molar-refractivity contribution is -0.133. The van der Waals surface area contributed by atoms with Crippen molar-refractivity contribution in [1.29, 1.82) is 0 Å². The molecule has 172 valence electrons. The molecule has 3 amide bonds. The molecule has 1 aliphatic carbocycles. The smallest absolute Gasteiger partial charge is 0.272 e. The van der Waals surface area contributed by atoms with Crippen molar-refractivity contribution < 1.29 is 14.4 Å². The molecule has 9 heteroatoms. The van der Waals surface area contributed by atoms with E-state index in [1.165, 1.54) is 33.4 Å². The highest BCUT2D eigenvalue weighted by Crippen LogP contribution is 2.27. The van der Waals surface area contributed by atoms with Crippen LogP contribution in [0.2, 0.25) is 0 Å². The van der Waals surface area contributed by atoms with Crippen LogP contribution in [0.3, 0.4) is 0 Å². The van der Waals surface area contributed by atoms with Crippen LogP contribution in [0.1, 0.15) is 71.3 Å². The number of amides is 3. The summed E-state index contributed by atoms with van der Waals surface area (Å²) in [5, 5.41) is 12.4. The number of rotatable bonds is 6. The number of hydrogen-bond donors (Lipinski definition) is 2. The molecule has 1 fully saturated rings. The Morgan fingerprint density at radius 1 is 1.25 bits per heavy atom. The Bertz CT molecular complexity index is 978. The van der Waals surface area contributed by atoms with Gasteiger partial charge in [-0.25, -0.2) is 0 Å². The fourth-order valence-corrected chi connectivity index (χ4v) is 5.16. The van der Waals surface area contributed by atoms with Crippen LogP contribution in [0.15, 0.2) is 23.6 Å². The quantitative estimate of drug-likeness (QED) is 0.652. The van der Waals surface area contributed by atoms with E-state index in [2.05, 4.69) is 15.7 Å². The van der Waals surface area contributed by atoms with E-state index in [9.17, 15) is 14.4 Å². The third-order valence-electron chi connectivity index (χ3n) is 6.65. The van der Waals surface area contributed by atoms with E-state index in [-0.39, 0.29) is 36.0 Å². The summed E-state index contributed by atoms with van der Waals surface area (Å²) < 4.78 is 1.50. The molecule has 1 atom stereocenters. The molecule has 2 aromatic rings. The summed E-state index contributed by atoms with van der Waals surface area (Å²) in [6, 6.07) is 5.68. The zero-order valence-corrected chi connectivity index (χ0v) is 19.5. The summed E-state index contributed by atoms with van der Waals surface area (Å²) in [5.41, 5.74) is -0.535. The predicted octanol–water partition coefficient (Wildman–Crippen LogP) is 2.60. The molecule has 4 rings (SSSR count). The van der Waals surface area contributed by atoms with Gasteiger partial charge < -0.3 is 15.5 Å². The standard InChI is InChI=1S/C23H31N5O3S/c1-23(22(31)25-16-8-5-3-4-6-9-16)15-28-19(21(30)27(23)2)14-18(26-28)20(29)24-12-11-17-10-7-13-32-17/h7,10,13-14,16H,3-6,8-9,11-12,15H2,1-2H3,(H,24,29)(H,25,31)/t23-/m0/s1. The van der Waals surface area contributed by atoms with Gasteiger partial charge in [0.25, 0.3) is 11.8 Å². The first-order chi connectivity index (χ1) is 15.4. The van der Waals surface area contributed by atoms with Gasteiger partial charge in [0.15, 0.2) is 5.69 Å². The minimum absolute atomic E-state index is 0.147. The SMILES string of the molecule is CN1C(=O)c2cc(C(=O)NCCc3cccs3)nn2C[C@@]1(C)C(=O)NC1CCCCCC1. The van der Waals surface area contributed by atoms with Gasteiger partial charge in [-0.15, -0.1) is 11.3 Å². The molecule has 0 aromatic carbocycles. The second-order valence-electron chi connectivity index (χ2n) is 8.96. The van der Waals surface area contributed by atoms with Crippen molar-refractivity contribution >= 4 is 29.1 Å². The average molecular weight is 458 g/mol. The van der Waals surface area contributed by atoms with Crippen molar-refractivity contribution in [2.24, 2.45) is 0 Å². The van der Waals surface area contributed by atoms with Crippen LogP contribution in [0.4, 0.5) is 0 Å². The van der Waals surface area contributed by atoms with Gasteiger partial charge >= 0.3 is 0 Å². The van der Waals surface area contributed by atoms with E-state index in [1.807, 2.05) is 17.5 Å². The predicted molar refractivity (Wildman–Crippen MR) is 123 cm³/mol. The van der Waals surface area contributed by atoms with Crippen molar-refractivity contribution in [3.63, 3.8) is 0 Å². The Balaban J connectivity index is 1.44. The lowest BCUT2D eigenvalue weighted by Crippen LogP contribution is -2.63. The van der Waals surface area contributed by atoms with Gasteiger partial charge in [-0.05, 0) is 37.6 Å². The van der Waals surface area contributed by atoms with Crippen LogP contribution in [0.5, 0.6) is 0 Å². The molecule has 0 spiro atoms. The molecular weight excluding hydrogens is 426 g/mol. The summed E-state index contributed by atoms with van der Waals surface area (Å²) in [7, 11) is 1.65. The summed E-state index contributed by atoms with van der Waals surface area (Å²) in [4.78, 5) is 41.5. The minimum Gasteiger partial charge on any atom is -0.351 e. The molecule has 0 radical (unpaired) electrons. The number of aromatic nitrogens is 2. The lowest BCUT2D eigenvalue weighted by atomic mass is 9.95. The van der Waals surface area contributed by atoms with Crippen LogP contribution in [-0.4, -0.2) is 57.6 Å². The van der Waals surface area contributed by atoms with Crippen molar-refractivity contribution in [3.8, 4) is 0 Å². The third-order valence-corrected chi connectivity index (χ3v) is 7.59. The summed E-state index contributed by atoms with van der Waals surface area (Å²) in [5.74, 6) is -0.785. The maximum atomic E-state index is 13.2. The monoisotopic (exact) mass is 457 g/mol. The maximum absolute atomic E-state index is 13.2. The Morgan fingerprint density at radius 2 is 2.00 bits per heavy atom. The number of likely N-dealkylation sites (N-methyl/N-ethyl adjacent to an activating group) is 1. The highest BCUT2D eigenvalue weighted by Gasteiger charge is 2.46. The van der Waals surface area contributed by atoms with E-state index in [0.29, 0.717) is 12.2 Å². The number of hydrogen-bond acceptors (Lipinski definition) is 5. The first-order valence-corrected chi connectivity index (χ1v) is 12.2. The molecule has 32 heavy (non-hydrogen) atoms. The highest BCUT2D eigenvalue weighted by molar-refractivity contribution is 7.09. The van der Waals surface area contributed by atoms with Crippen LogP contribution in [0, 0.1) is 0 Å². The molecule has 8 nitrogen and oxygen atoms in total. The molecule has 1 saturated carbocycles. The van der Waals surface area contributed by atoms with E-state index in [0.717, 1.165) is 32.1 Å². The number of thiophene rings is 1. The van der Waals surface area contributed by atoms with Gasteiger partial charge in [-0.2, -0.15) is 5.10 Å². The van der Waals surface area contributed by atoms with Gasteiger partial charge in [0.05, 0.1) is 6.54 Å². The second kappa shape index (κ2) is 9.44. The number of carbonyl (C=O) groups is 3. The second-order valence-corrected chi connectivity index (χ2v) is 9.99. The molecule has 0 saturated heterocycles. The van der Waals surface area contributed by atoms with Gasteiger partial charge in [0.2, 0.25) is 5.91 Å². The maximum Gasteiger partial charge on any atom is 0.272 e. The number of nitrogens with one attached hydrogen (secondary N) is 2. The molecule has 2 aromatic heterocycles. The van der Waals surface area contributed by atoms with Crippen LogP contribution in [0.25, 0.3) is 0 Å². The fourth-order valence-electron chi connectivity index (χ4n) is 4.45. The van der Waals surface area contributed by atoms with Gasteiger partial charge in [-0.3, -0.25) is 19.1 Å². The van der Waals surface area contributed by atoms with E-state index >= 15 is 0 Å². The molecule has 2 aliphatic rings. The topological polar surface area (TPSA) is 96.3 Å². The number of nitrogens with zero attached hydrogens (tertiary/aromatic N) is 3. The van der Waals surface area contributed by atoms with E-state index < -0.39 is 5.54 Å². The average Bonchev–Trinajstić information content (AvgIpc) is 3.37. The van der Waals surface area contributed by atoms with Gasteiger partial charge in [0, 0.05) is 30.6 Å². The van der Waals surface area contributed by atoms with Crippen molar-refractivity contribution in [2.45, 2.75) is 70.0 Å². The lowest BCUT2D eigenvalue weighted by Gasteiger charge is -2.41. The molecule has 2 N–H and O–H groups in total. The molecule has 0 unspecified atom stereocenters. The number of fused-ring (bicyclic) bond motifs is 1. The molecule has 0 bridgehead atoms. The van der Waals surface area contributed by atoms with Crippen LogP contribution < -0.4 is 10.6 Å². The summed E-state index contributed by atoms with van der Waals surface area (Å²) in [6.45, 7) is 2.48. The minimum atomic E-state index is -1.06.